The van der Waals surface area contributed by atoms with Crippen LogP contribution in [0.2, 0.25) is 5.02 Å². The number of aryl methyl sites for hydroxylation is 1. The predicted molar refractivity (Wildman–Crippen MR) is 83.0 cm³/mol. The van der Waals surface area contributed by atoms with Gasteiger partial charge in [-0.2, -0.15) is 18.3 Å². The number of rotatable bonds is 2. The smallest absolute Gasteiger partial charge is 0.335 e. The molecule has 1 atom stereocenters. The molecule has 5 nitrogen and oxygen atoms in total. The van der Waals surface area contributed by atoms with E-state index in [0.717, 1.165) is 36.2 Å². The third-order valence-corrected chi connectivity index (χ3v) is 4.05. The average Bonchev–Trinajstić information content (AvgIpc) is 2.93. The Bertz CT molecular complexity index is 759. The van der Waals surface area contributed by atoms with E-state index in [1.165, 1.54) is 6.07 Å². The van der Waals surface area contributed by atoms with E-state index in [0.29, 0.717) is 6.42 Å². The van der Waals surface area contributed by atoms with E-state index in [2.05, 4.69) is 20.8 Å². The lowest BCUT2D eigenvalue weighted by Gasteiger charge is -2.23. The van der Waals surface area contributed by atoms with Crippen LogP contribution in [0, 0.1) is 0 Å². The molecule has 0 radical (unpaired) electrons. The number of carbonyl (C=O) groups excluding carboxylic acids is 1. The minimum atomic E-state index is -4.53. The van der Waals surface area contributed by atoms with E-state index < -0.39 is 17.8 Å². The number of aromatic amines is 1. The zero-order valence-corrected chi connectivity index (χ0v) is 13.1. The summed E-state index contributed by atoms with van der Waals surface area (Å²) < 4.78 is 38.3. The normalized spacial score (nSPS) is 17.2. The van der Waals surface area contributed by atoms with Crippen LogP contribution in [0.4, 0.5) is 23.7 Å². The minimum absolute atomic E-state index is 0.00728. The topological polar surface area (TPSA) is 69.8 Å². The van der Waals surface area contributed by atoms with Gasteiger partial charge in [-0.15, -0.1) is 0 Å². The van der Waals surface area contributed by atoms with Gasteiger partial charge in [-0.3, -0.25) is 5.10 Å². The molecule has 3 rings (SSSR count). The number of H-pyrrole nitrogens is 1. The van der Waals surface area contributed by atoms with Crippen LogP contribution in [-0.4, -0.2) is 22.3 Å². The van der Waals surface area contributed by atoms with Crippen molar-refractivity contribution in [3.05, 3.63) is 46.2 Å². The van der Waals surface area contributed by atoms with Crippen LogP contribution < -0.4 is 10.6 Å². The number of amides is 2. The molecule has 1 aromatic carbocycles. The summed E-state index contributed by atoms with van der Waals surface area (Å²) in [4.78, 5) is 12.0. The highest BCUT2D eigenvalue weighted by Crippen LogP contribution is 2.33. The summed E-state index contributed by atoms with van der Waals surface area (Å²) in [5.41, 5.74) is 1.17. The summed E-state index contributed by atoms with van der Waals surface area (Å²) >= 11 is 5.69. The highest BCUT2D eigenvalue weighted by molar-refractivity contribution is 6.31. The van der Waals surface area contributed by atoms with Gasteiger partial charge >= 0.3 is 12.2 Å². The Labute approximate surface area is 140 Å². The van der Waals surface area contributed by atoms with Crippen molar-refractivity contribution in [1.82, 2.24) is 15.5 Å². The Hall–Kier alpha value is -2.22. The SMILES string of the molecule is O=C(Nc1cc(Cl)cc(C(F)(F)F)c1)NC1CCc2[nH]ncc2C1. The summed E-state index contributed by atoms with van der Waals surface area (Å²) in [7, 11) is 0. The minimum Gasteiger partial charge on any atom is -0.335 e. The zero-order chi connectivity index (χ0) is 17.3. The second-order valence-corrected chi connectivity index (χ2v) is 6.07. The number of nitrogens with one attached hydrogen (secondary N) is 3. The number of nitrogens with zero attached hydrogens (tertiary/aromatic N) is 1. The van der Waals surface area contributed by atoms with Gasteiger partial charge in [0.25, 0.3) is 0 Å². The maximum Gasteiger partial charge on any atom is 0.416 e. The van der Waals surface area contributed by atoms with E-state index in [4.69, 9.17) is 11.6 Å². The monoisotopic (exact) mass is 358 g/mol. The molecule has 24 heavy (non-hydrogen) atoms. The van der Waals surface area contributed by atoms with E-state index >= 15 is 0 Å². The first-order valence-corrected chi connectivity index (χ1v) is 7.65. The van der Waals surface area contributed by atoms with Gasteiger partial charge in [0.15, 0.2) is 0 Å². The van der Waals surface area contributed by atoms with Crippen molar-refractivity contribution in [2.75, 3.05) is 5.32 Å². The van der Waals surface area contributed by atoms with E-state index in [1.807, 2.05) is 0 Å². The molecule has 0 bridgehead atoms. The maximum absolute atomic E-state index is 12.8. The molecule has 2 aromatic rings. The van der Waals surface area contributed by atoms with Gasteiger partial charge in [0.05, 0.1) is 11.8 Å². The van der Waals surface area contributed by atoms with E-state index in [1.54, 1.807) is 6.20 Å². The molecule has 9 heteroatoms. The van der Waals surface area contributed by atoms with Crippen LogP contribution in [0.5, 0.6) is 0 Å². The van der Waals surface area contributed by atoms with E-state index in [9.17, 15) is 18.0 Å². The van der Waals surface area contributed by atoms with Crippen molar-refractivity contribution >= 4 is 23.3 Å². The van der Waals surface area contributed by atoms with Gasteiger partial charge in [-0.05, 0) is 43.0 Å². The molecule has 1 aliphatic rings. The summed E-state index contributed by atoms with van der Waals surface area (Å²) in [6.07, 6.45) is -0.698. The molecule has 0 fully saturated rings. The highest BCUT2D eigenvalue weighted by Gasteiger charge is 2.31. The number of benzene rings is 1. The first-order chi connectivity index (χ1) is 11.3. The Kier molecular flexibility index (Phi) is 4.40. The predicted octanol–water partition coefficient (Wildman–Crippen LogP) is 3.76. The Morgan fingerprint density at radius 2 is 2.12 bits per heavy atom. The fraction of sp³-hybridized carbons (Fsp3) is 0.333. The Morgan fingerprint density at radius 3 is 2.88 bits per heavy atom. The van der Waals surface area contributed by atoms with Gasteiger partial charge in [0, 0.05) is 22.4 Å². The van der Waals surface area contributed by atoms with Crippen molar-refractivity contribution < 1.29 is 18.0 Å². The number of fused-ring (bicyclic) bond motifs is 1. The lowest BCUT2D eigenvalue weighted by molar-refractivity contribution is -0.137. The van der Waals surface area contributed by atoms with Crippen LogP contribution in [-0.2, 0) is 19.0 Å². The lowest BCUT2D eigenvalue weighted by Crippen LogP contribution is -2.41. The van der Waals surface area contributed by atoms with Gasteiger partial charge in [-0.25, -0.2) is 4.79 Å². The van der Waals surface area contributed by atoms with Gasteiger partial charge in [-0.1, -0.05) is 11.6 Å². The number of halogens is 4. The largest absolute Gasteiger partial charge is 0.416 e. The van der Waals surface area contributed by atoms with Crippen LogP contribution in [0.3, 0.4) is 0 Å². The maximum atomic E-state index is 12.8. The molecular weight excluding hydrogens is 345 g/mol. The molecule has 128 valence electrons. The molecule has 1 heterocycles. The standard InChI is InChI=1S/C15H14ClF3N4O/c16-10-4-9(15(17,18)19)5-12(6-10)22-14(24)21-11-1-2-13-8(3-11)7-20-23-13/h4-7,11H,1-3H2,(H,20,23)(H2,21,22,24). The number of aromatic nitrogens is 2. The van der Waals surface area contributed by atoms with Crippen LogP contribution in [0.1, 0.15) is 23.2 Å². The van der Waals surface area contributed by atoms with Gasteiger partial charge in [0.2, 0.25) is 0 Å². The summed E-state index contributed by atoms with van der Waals surface area (Å²) in [6.45, 7) is 0. The number of carbonyl (C=O) groups is 1. The van der Waals surface area contributed by atoms with Crippen molar-refractivity contribution in [2.24, 2.45) is 0 Å². The third-order valence-electron chi connectivity index (χ3n) is 3.83. The zero-order valence-electron chi connectivity index (χ0n) is 12.4. The number of alkyl halides is 3. The summed E-state index contributed by atoms with van der Waals surface area (Å²) in [6, 6.07) is 2.26. The third kappa shape index (κ3) is 3.81. The molecule has 3 N–H and O–H groups in total. The Morgan fingerprint density at radius 1 is 1.33 bits per heavy atom. The second kappa shape index (κ2) is 6.35. The van der Waals surface area contributed by atoms with Crippen molar-refractivity contribution in [3.8, 4) is 0 Å². The van der Waals surface area contributed by atoms with Crippen molar-refractivity contribution in [1.29, 1.82) is 0 Å². The second-order valence-electron chi connectivity index (χ2n) is 5.64. The van der Waals surface area contributed by atoms with Crippen LogP contribution >= 0.6 is 11.6 Å². The van der Waals surface area contributed by atoms with Crippen molar-refractivity contribution in [2.45, 2.75) is 31.5 Å². The molecule has 1 unspecified atom stereocenters. The number of anilines is 1. The molecule has 0 saturated heterocycles. The molecule has 2 amide bonds. The van der Waals surface area contributed by atoms with E-state index in [-0.39, 0.29) is 16.8 Å². The first-order valence-electron chi connectivity index (χ1n) is 7.27. The quantitative estimate of drug-likeness (QED) is 0.765. The fourth-order valence-electron chi connectivity index (χ4n) is 2.72. The van der Waals surface area contributed by atoms with Gasteiger partial charge < -0.3 is 10.6 Å². The fourth-order valence-corrected chi connectivity index (χ4v) is 2.95. The van der Waals surface area contributed by atoms with Gasteiger partial charge in [0.1, 0.15) is 0 Å². The van der Waals surface area contributed by atoms with Crippen molar-refractivity contribution in [3.63, 3.8) is 0 Å². The number of hydrogen-bond acceptors (Lipinski definition) is 2. The molecule has 0 saturated carbocycles. The molecule has 0 spiro atoms. The molecular formula is C15H14ClF3N4O. The highest BCUT2D eigenvalue weighted by atomic mass is 35.5. The first kappa shape index (κ1) is 16.6. The number of urea groups is 1. The lowest BCUT2D eigenvalue weighted by atomic mass is 9.94. The average molecular weight is 359 g/mol. The molecule has 1 aromatic heterocycles. The summed E-state index contributed by atoms with van der Waals surface area (Å²) in [5, 5.41) is 11.9. The summed E-state index contributed by atoms with van der Waals surface area (Å²) in [5.74, 6) is 0. The number of hydrogen-bond donors (Lipinski definition) is 3. The molecule has 1 aliphatic carbocycles. The van der Waals surface area contributed by atoms with Crippen LogP contribution in [0.15, 0.2) is 24.4 Å². The van der Waals surface area contributed by atoms with Crippen LogP contribution in [0.25, 0.3) is 0 Å². The molecule has 0 aliphatic heterocycles. The Balaban J connectivity index is 1.64.